The molecule has 1 atom stereocenters. The quantitative estimate of drug-likeness (QED) is 0.841. The van der Waals surface area contributed by atoms with Gasteiger partial charge in [0.25, 0.3) is 0 Å². The molecule has 4 heteroatoms. The fourth-order valence-corrected chi connectivity index (χ4v) is 2.72. The third kappa shape index (κ3) is 3.19. The zero-order valence-corrected chi connectivity index (χ0v) is 11.0. The second-order valence-corrected chi connectivity index (χ2v) is 5.25. The lowest BCUT2D eigenvalue weighted by Gasteiger charge is -2.11. The topological polar surface area (TPSA) is 55.1 Å². The van der Waals surface area contributed by atoms with E-state index in [1.54, 1.807) is 6.92 Å². The molecule has 4 nitrogen and oxygen atoms in total. The monoisotopic (exact) mass is 250 g/mol. The Morgan fingerprint density at radius 2 is 2.28 bits per heavy atom. The van der Waals surface area contributed by atoms with Crippen LogP contribution < -0.4 is 0 Å². The van der Waals surface area contributed by atoms with Crippen molar-refractivity contribution in [3.05, 3.63) is 18.0 Å². The van der Waals surface area contributed by atoms with E-state index in [2.05, 4.69) is 9.78 Å². The van der Waals surface area contributed by atoms with Crippen LogP contribution in [0.25, 0.3) is 0 Å². The molecule has 0 aromatic carbocycles. The first kappa shape index (κ1) is 13.3. The standard InChI is InChI=1S/C14H22N2O2/c1-11(18)12(7-9-17)10-13-6-8-16(15-13)14-4-2-3-5-14/h6,8,12,14,17H,2-5,7,9-10H2,1H3. The second kappa shape index (κ2) is 6.14. The summed E-state index contributed by atoms with van der Waals surface area (Å²) < 4.78 is 2.05. The molecule has 0 saturated heterocycles. The Labute approximate surface area is 108 Å². The van der Waals surface area contributed by atoms with Crippen molar-refractivity contribution in [2.24, 2.45) is 5.92 Å². The zero-order chi connectivity index (χ0) is 13.0. The summed E-state index contributed by atoms with van der Waals surface area (Å²) in [5, 5.41) is 13.5. The Kier molecular flexibility index (Phi) is 4.53. The highest BCUT2D eigenvalue weighted by Crippen LogP contribution is 2.28. The molecule has 0 radical (unpaired) electrons. The van der Waals surface area contributed by atoms with Gasteiger partial charge in [0, 0.05) is 25.1 Å². The maximum Gasteiger partial charge on any atom is 0.133 e. The van der Waals surface area contributed by atoms with E-state index < -0.39 is 0 Å². The molecular formula is C14H22N2O2. The number of carbonyl (C=O) groups is 1. The Bertz CT molecular complexity index is 394. The summed E-state index contributed by atoms with van der Waals surface area (Å²) in [7, 11) is 0. The van der Waals surface area contributed by atoms with Gasteiger partial charge in [-0.3, -0.25) is 9.48 Å². The molecule has 18 heavy (non-hydrogen) atoms. The molecule has 1 heterocycles. The molecule has 1 aromatic heterocycles. The van der Waals surface area contributed by atoms with Gasteiger partial charge in [0.15, 0.2) is 0 Å². The molecular weight excluding hydrogens is 228 g/mol. The molecule has 1 aliphatic rings. The number of Topliss-reactive ketones (excluding diaryl/α,β-unsaturated/α-hetero) is 1. The van der Waals surface area contributed by atoms with Gasteiger partial charge < -0.3 is 5.11 Å². The van der Waals surface area contributed by atoms with E-state index in [4.69, 9.17) is 5.11 Å². The van der Waals surface area contributed by atoms with E-state index in [0.29, 0.717) is 18.9 Å². The van der Waals surface area contributed by atoms with E-state index in [1.165, 1.54) is 25.7 Å². The first-order valence-electron chi connectivity index (χ1n) is 6.86. The van der Waals surface area contributed by atoms with E-state index in [-0.39, 0.29) is 18.3 Å². The lowest BCUT2D eigenvalue weighted by Crippen LogP contribution is -2.16. The summed E-state index contributed by atoms with van der Waals surface area (Å²) in [5.41, 5.74) is 0.968. The number of hydrogen-bond acceptors (Lipinski definition) is 3. The van der Waals surface area contributed by atoms with Crippen molar-refractivity contribution in [3.8, 4) is 0 Å². The minimum absolute atomic E-state index is 0.0631. The minimum atomic E-state index is -0.0954. The van der Waals surface area contributed by atoms with Crippen molar-refractivity contribution < 1.29 is 9.90 Å². The van der Waals surface area contributed by atoms with Crippen molar-refractivity contribution in [2.75, 3.05) is 6.61 Å². The Morgan fingerprint density at radius 1 is 1.56 bits per heavy atom. The van der Waals surface area contributed by atoms with Gasteiger partial charge in [-0.25, -0.2) is 0 Å². The van der Waals surface area contributed by atoms with Crippen LogP contribution in [0.5, 0.6) is 0 Å². The van der Waals surface area contributed by atoms with Crippen molar-refractivity contribution in [2.45, 2.75) is 51.5 Å². The number of aliphatic hydroxyl groups is 1. The number of hydrogen-bond donors (Lipinski definition) is 1. The first-order chi connectivity index (χ1) is 8.70. The highest BCUT2D eigenvalue weighted by Gasteiger charge is 2.19. The van der Waals surface area contributed by atoms with Crippen LogP contribution in [0.3, 0.4) is 0 Å². The predicted molar refractivity (Wildman–Crippen MR) is 69.3 cm³/mol. The number of carbonyl (C=O) groups excluding carboxylic acids is 1. The van der Waals surface area contributed by atoms with Gasteiger partial charge in [-0.05, 0) is 32.3 Å². The van der Waals surface area contributed by atoms with Gasteiger partial charge >= 0.3 is 0 Å². The van der Waals surface area contributed by atoms with Gasteiger partial charge in [-0.15, -0.1) is 0 Å². The van der Waals surface area contributed by atoms with E-state index >= 15 is 0 Å². The van der Waals surface area contributed by atoms with Crippen LogP contribution in [-0.4, -0.2) is 27.3 Å². The predicted octanol–water partition coefficient (Wildman–Crippen LogP) is 2.13. The van der Waals surface area contributed by atoms with Crippen molar-refractivity contribution in [3.63, 3.8) is 0 Å². The molecule has 1 aliphatic carbocycles. The van der Waals surface area contributed by atoms with Gasteiger partial charge in [0.2, 0.25) is 0 Å². The average Bonchev–Trinajstić information content (AvgIpc) is 2.98. The van der Waals surface area contributed by atoms with Crippen LogP contribution in [-0.2, 0) is 11.2 Å². The highest BCUT2D eigenvalue weighted by atomic mass is 16.3. The number of nitrogens with zero attached hydrogens (tertiary/aromatic N) is 2. The molecule has 1 unspecified atom stereocenters. The molecule has 0 amide bonds. The van der Waals surface area contributed by atoms with Crippen molar-refractivity contribution in [1.29, 1.82) is 0 Å². The zero-order valence-electron chi connectivity index (χ0n) is 11.0. The van der Waals surface area contributed by atoms with Crippen LogP contribution in [0.4, 0.5) is 0 Å². The molecule has 100 valence electrons. The molecule has 1 saturated carbocycles. The van der Waals surface area contributed by atoms with Gasteiger partial charge in [0.1, 0.15) is 5.78 Å². The molecule has 0 bridgehead atoms. The summed E-state index contributed by atoms with van der Waals surface area (Å²) in [6.07, 6.45) is 8.23. The minimum Gasteiger partial charge on any atom is -0.396 e. The molecule has 0 spiro atoms. The third-order valence-corrected chi connectivity index (χ3v) is 3.87. The Hall–Kier alpha value is -1.16. The van der Waals surface area contributed by atoms with Crippen molar-refractivity contribution >= 4 is 5.78 Å². The number of ketones is 1. The van der Waals surface area contributed by atoms with Crippen molar-refractivity contribution in [1.82, 2.24) is 9.78 Å². The second-order valence-electron chi connectivity index (χ2n) is 5.25. The van der Waals surface area contributed by atoms with Crippen LogP contribution in [0.1, 0.15) is 50.8 Å². The SMILES string of the molecule is CC(=O)C(CCO)Cc1ccn(C2CCCC2)n1. The molecule has 1 N–H and O–H groups in total. The lowest BCUT2D eigenvalue weighted by molar-refractivity contribution is -0.121. The van der Waals surface area contributed by atoms with Crippen LogP contribution in [0.2, 0.25) is 0 Å². The van der Waals surface area contributed by atoms with E-state index in [1.807, 2.05) is 12.3 Å². The third-order valence-electron chi connectivity index (χ3n) is 3.87. The van der Waals surface area contributed by atoms with Gasteiger partial charge in [-0.1, -0.05) is 12.8 Å². The maximum absolute atomic E-state index is 11.5. The number of rotatable bonds is 6. The Balaban J connectivity index is 1.98. The summed E-state index contributed by atoms with van der Waals surface area (Å²) in [5.74, 6) is 0.0430. The van der Waals surface area contributed by atoms with Crippen LogP contribution in [0, 0.1) is 5.92 Å². The lowest BCUT2D eigenvalue weighted by atomic mass is 9.96. The van der Waals surface area contributed by atoms with Gasteiger partial charge in [-0.2, -0.15) is 5.10 Å². The molecule has 2 rings (SSSR count). The summed E-state index contributed by atoms with van der Waals surface area (Å²) in [4.78, 5) is 11.5. The van der Waals surface area contributed by atoms with E-state index in [0.717, 1.165) is 5.69 Å². The van der Waals surface area contributed by atoms with Crippen LogP contribution >= 0.6 is 0 Å². The van der Waals surface area contributed by atoms with E-state index in [9.17, 15) is 4.79 Å². The smallest absolute Gasteiger partial charge is 0.133 e. The summed E-state index contributed by atoms with van der Waals surface area (Å²) in [6, 6.07) is 2.55. The summed E-state index contributed by atoms with van der Waals surface area (Å²) in [6.45, 7) is 1.65. The van der Waals surface area contributed by atoms with Crippen LogP contribution in [0.15, 0.2) is 12.3 Å². The fourth-order valence-electron chi connectivity index (χ4n) is 2.72. The number of aliphatic hydroxyl groups excluding tert-OH is 1. The fraction of sp³-hybridized carbons (Fsp3) is 0.714. The maximum atomic E-state index is 11.5. The Morgan fingerprint density at radius 3 is 2.89 bits per heavy atom. The molecule has 0 aliphatic heterocycles. The summed E-state index contributed by atoms with van der Waals surface area (Å²) >= 11 is 0. The molecule has 1 fully saturated rings. The largest absolute Gasteiger partial charge is 0.396 e. The molecule has 1 aromatic rings. The number of aromatic nitrogens is 2. The first-order valence-corrected chi connectivity index (χ1v) is 6.86. The van der Waals surface area contributed by atoms with Gasteiger partial charge in [0.05, 0.1) is 11.7 Å². The normalized spacial score (nSPS) is 18.1. The highest BCUT2D eigenvalue weighted by molar-refractivity contribution is 5.78. The average molecular weight is 250 g/mol.